The molecule has 33 heavy (non-hydrogen) atoms. The lowest BCUT2D eigenvalue weighted by Crippen LogP contribution is -2.37. The molecule has 1 fully saturated rings. The normalized spacial score (nSPS) is 16.3. The second-order valence-electron chi connectivity index (χ2n) is 8.81. The number of nitrogens with one attached hydrogen (secondary N) is 1. The molecule has 1 saturated carbocycles. The monoisotopic (exact) mass is 455 g/mol. The summed E-state index contributed by atoms with van der Waals surface area (Å²) in [6, 6.07) is 5.91. The third-order valence-electron chi connectivity index (χ3n) is 6.62. The maximum Gasteiger partial charge on any atom is 0.240 e. The Kier molecular flexibility index (Phi) is 7.23. The summed E-state index contributed by atoms with van der Waals surface area (Å²) in [6.07, 6.45) is 6.92. The van der Waals surface area contributed by atoms with E-state index in [2.05, 4.69) is 10.2 Å². The van der Waals surface area contributed by atoms with E-state index in [1.54, 1.807) is 26.5 Å². The number of benzene rings is 1. The van der Waals surface area contributed by atoms with Crippen molar-refractivity contribution in [3.05, 3.63) is 51.4 Å². The van der Waals surface area contributed by atoms with Gasteiger partial charge < -0.3 is 24.1 Å². The van der Waals surface area contributed by atoms with Crippen LogP contribution >= 0.6 is 0 Å². The highest BCUT2D eigenvalue weighted by Crippen LogP contribution is 2.33. The lowest BCUT2D eigenvalue weighted by molar-refractivity contribution is -0.122. The van der Waals surface area contributed by atoms with Crippen molar-refractivity contribution in [1.82, 2.24) is 14.8 Å². The third kappa shape index (κ3) is 5.33. The van der Waals surface area contributed by atoms with Crippen molar-refractivity contribution in [2.45, 2.75) is 57.8 Å². The zero-order chi connectivity index (χ0) is 23.4. The fourth-order valence-electron chi connectivity index (χ4n) is 4.83. The Morgan fingerprint density at radius 3 is 2.33 bits per heavy atom. The van der Waals surface area contributed by atoms with Crippen LogP contribution in [-0.4, -0.2) is 49.3 Å². The lowest BCUT2D eigenvalue weighted by Gasteiger charge is -2.30. The number of methoxy groups -OCH3 is 3. The summed E-state index contributed by atoms with van der Waals surface area (Å²) in [5.41, 5.74) is 3.04. The van der Waals surface area contributed by atoms with Gasteiger partial charge in [0.05, 0.1) is 27.5 Å². The number of amides is 1. The van der Waals surface area contributed by atoms with Crippen LogP contribution in [0.3, 0.4) is 0 Å². The summed E-state index contributed by atoms with van der Waals surface area (Å²) in [7, 11) is 4.76. The van der Waals surface area contributed by atoms with Gasteiger partial charge in [0, 0.05) is 37.4 Å². The molecule has 2 aliphatic rings. The highest BCUT2D eigenvalue weighted by Gasteiger charge is 2.22. The lowest BCUT2D eigenvalue weighted by atomic mass is 9.98. The maximum absolute atomic E-state index is 12.7. The summed E-state index contributed by atoms with van der Waals surface area (Å²) < 4.78 is 18.0. The maximum atomic E-state index is 12.7. The van der Waals surface area contributed by atoms with Gasteiger partial charge in [-0.05, 0) is 42.5 Å². The van der Waals surface area contributed by atoms with Gasteiger partial charge in [0.1, 0.15) is 6.54 Å². The minimum absolute atomic E-state index is 0.0327. The molecule has 8 heteroatoms. The minimum atomic E-state index is -0.177. The molecule has 0 radical (unpaired) electrons. The van der Waals surface area contributed by atoms with Crippen molar-refractivity contribution in [2.75, 3.05) is 27.9 Å². The van der Waals surface area contributed by atoms with Gasteiger partial charge in [0.15, 0.2) is 17.2 Å². The van der Waals surface area contributed by atoms with E-state index in [-0.39, 0.29) is 29.7 Å². The Morgan fingerprint density at radius 2 is 1.67 bits per heavy atom. The second-order valence-corrected chi connectivity index (χ2v) is 8.81. The first kappa shape index (κ1) is 23.2. The van der Waals surface area contributed by atoms with Crippen molar-refractivity contribution < 1.29 is 19.0 Å². The summed E-state index contributed by atoms with van der Waals surface area (Å²) in [5.74, 6) is 1.66. The van der Waals surface area contributed by atoms with Crippen molar-refractivity contribution in [2.24, 2.45) is 0 Å². The molecule has 2 aromatic rings. The number of rotatable bonds is 8. The van der Waals surface area contributed by atoms with Crippen LogP contribution in [0.15, 0.2) is 29.2 Å². The molecule has 1 aromatic heterocycles. The van der Waals surface area contributed by atoms with E-state index in [4.69, 9.17) is 14.2 Å². The van der Waals surface area contributed by atoms with E-state index in [1.165, 1.54) is 18.2 Å². The Morgan fingerprint density at radius 1 is 1.00 bits per heavy atom. The Labute approximate surface area is 194 Å². The Hall–Kier alpha value is -3.00. The van der Waals surface area contributed by atoms with Gasteiger partial charge in [-0.15, -0.1) is 0 Å². The highest BCUT2D eigenvalue weighted by molar-refractivity contribution is 5.76. The van der Waals surface area contributed by atoms with E-state index >= 15 is 0 Å². The average Bonchev–Trinajstić information content (AvgIpc) is 3.32. The van der Waals surface area contributed by atoms with Crippen molar-refractivity contribution in [1.29, 1.82) is 0 Å². The van der Waals surface area contributed by atoms with Crippen molar-refractivity contribution in [3.8, 4) is 17.2 Å². The fourth-order valence-corrected chi connectivity index (χ4v) is 4.83. The molecule has 0 spiro atoms. The second kappa shape index (κ2) is 10.3. The molecule has 1 aliphatic heterocycles. The largest absolute Gasteiger partial charge is 0.493 e. The number of aromatic nitrogens is 1. The zero-order valence-corrected chi connectivity index (χ0v) is 19.7. The van der Waals surface area contributed by atoms with E-state index in [1.807, 2.05) is 16.7 Å². The molecule has 1 N–H and O–H groups in total. The van der Waals surface area contributed by atoms with Gasteiger partial charge in [0.25, 0.3) is 0 Å². The predicted molar refractivity (Wildman–Crippen MR) is 125 cm³/mol. The predicted octanol–water partition coefficient (Wildman–Crippen LogP) is 2.49. The molecule has 1 aromatic carbocycles. The molecule has 0 saturated heterocycles. The first-order valence-corrected chi connectivity index (χ1v) is 11.5. The minimum Gasteiger partial charge on any atom is -0.493 e. The number of pyridine rings is 1. The molecule has 0 unspecified atom stereocenters. The van der Waals surface area contributed by atoms with E-state index in [9.17, 15) is 9.59 Å². The number of carbonyl (C=O) groups excluding carboxylic acids is 1. The standard InChI is InChI=1S/C25H33N3O5/c1-31-22-10-17-8-9-27(13-18(17)11-23(22)32-2)14-20-12-21(29)24(33-3)15-28(20)16-25(30)26-19-6-4-5-7-19/h10-12,15,19H,4-9,13-14,16H2,1-3H3,(H,26,30). The summed E-state index contributed by atoms with van der Waals surface area (Å²) in [5, 5.41) is 3.13. The molecule has 4 rings (SSSR count). The average molecular weight is 456 g/mol. The number of hydrogen-bond donors (Lipinski definition) is 1. The van der Waals surface area contributed by atoms with Crippen LogP contribution in [0.4, 0.5) is 0 Å². The van der Waals surface area contributed by atoms with Gasteiger partial charge in [-0.25, -0.2) is 0 Å². The van der Waals surface area contributed by atoms with Crippen LogP contribution < -0.4 is 25.0 Å². The van der Waals surface area contributed by atoms with E-state index in [0.717, 1.165) is 56.6 Å². The molecule has 1 aliphatic carbocycles. The van der Waals surface area contributed by atoms with Gasteiger partial charge in [-0.2, -0.15) is 0 Å². The first-order chi connectivity index (χ1) is 16.0. The Bertz CT molecular complexity index is 1060. The quantitative estimate of drug-likeness (QED) is 0.659. The van der Waals surface area contributed by atoms with Gasteiger partial charge >= 0.3 is 0 Å². The molecule has 1 amide bonds. The Balaban J connectivity index is 1.53. The molecule has 2 heterocycles. The summed E-state index contributed by atoms with van der Waals surface area (Å²) >= 11 is 0. The number of fused-ring (bicyclic) bond motifs is 1. The molecule has 0 atom stereocenters. The number of carbonyl (C=O) groups is 1. The van der Waals surface area contributed by atoms with Gasteiger partial charge in [0.2, 0.25) is 11.3 Å². The third-order valence-corrected chi connectivity index (χ3v) is 6.62. The van der Waals surface area contributed by atoms with Gasteiger partial charge in [-0.3, -0.25) is 14.5 Å². The summed E-state index contributed by atoms with van der Waals surface area (Å²) in [6.45, 7) is 2.29. The van der Waals surface area contributed by atoms with Crippen LogP contribution in [0.2, 0.25) is 0 Å². The van der Waals surface area contributed by atoms with E-state index in [0.29, 0.717) is 12.3 Å². The number of nitrogens with zero attached hydrogens (tertiary/aromatic N) is 2. The van der Waals surface area contributed by atoms with Gasteiger partial charge in [-0.1, -0.05) is 12.8 Å². The molecular formula is C25H33N3O5. The smallest absolute Gasteiger partial charge is 0.240 e. The SMILES string of the molecule is COc1cc2c(cc1OC)CN(Cc1cc(=O)c(OC)cn1CC(=O)NC1CCCC1)CC2. The molecular weight excluding hydrogens is 422 g/mol. The number of hydrogen-bond acceptors (Lipinski definition) is 6. The van der Waals surface area contributed by atoms with Crippen LogP contribution in [0.5, 0.6) is 17.2 Å². The summed E-state index contributed by atoms with van der Waals surface area (Å²) in [4.78, 5) is 27.5. The zero-order valence-electron chi connectivity index (χ0n) is 19.7. The van der Waals surface area contributed by atoms with Crippen LogP contribution in [0.25, 0.3) is 0 Å². The highest BCUT2D eigenvalue weighted by atomic mass is 16.5. The van der Waals surface area contributed by atoms with Crippen LogP contribution in [0, 0.1) is 0 Å². The van der Waals surface area contributed by atoms with Crippen LogP contribution in [0.1, 0.15) is 42.5 Å². The molecule has 8 nitrogen and oxygen atoms in total. The molecule has 178 valence electrons. The topological polar surface area (TPSA) is 82.0 Å². The number of ether oxygens (including phenoxy) is 3. The first-order valence-electron chi connectivity index (χ1n) is 11.5. The van der Waals surface area contributed by atoms with Crippen LogP contribution in [-0.2, 0) is 30.8 Å². The molecule has 0 bridgehead atoms. The fraction of sp³-hybridized carbons (Fsp3) is 0.520. The van der Waals surface area contributed by atoms with Crippen molar-refractivity contribution in [3.63, 3.8) is 0 Å². The van der Waals surface area contributed by atoms with E-state index < -0.39 is 0 Å². The van der Waals surface area contributed by atoms with Crippen molar-refractivity contribution >= 4 is 5.91 Å².